The molecule has 0 saturated carbocycles. The Labute approximate surface area is 215 Å². The van der Waals surface area contributed by atoms with Crippen LogP contribution in [0.15, 0.2) is 66.9 Å². The largest absolute Gasteiger partial charge is 0.372 e. The van der Waals surface area contributed by atoms with Gasteiger partial charge in [-0.2, -0.15) is 0 Å². The number of rotatable bonds is 12. The SMILES string of the molecule is [2H]C([2H])(OCCC([2H])([2H])C([2H])([2H])N(c1cnc(-c2ccccc2)c(-c2ccccc2)n1)C(C)C)C(=O)NS(C)(=O)=O. The van der Waals surface area contributed by atoms with Crippen molar-refractivity contribution in [3.8, 4) is 22.5 Å². The quantitative estimate of drug-likeness (QED) is 0.401. The number of hydrogen-bond acceptors (Lipinski definition) is 7. The summed E-state index contributed by atoms with van der Waals surface area (Å²) >= 11 is 0. The molecule has 0 atom stereocenters. The minimum atomic E-state index is -4.05. The summed E-state index contributed by atoms with van der Waals surface area (Å²) in [5, 5.41) is 0. The average Bonchev–Trinajstić information content (AvgIpc) is 2.88. The summed E-state index contributed by atoms with van der Waals surface area (Å²) in [7, 11) is -4.05. The molecule has 0 fully saturated rings. The molecule has 8 nitrogen and oxygen atoms in total. The number of anilines is 1. The lowest BCUT2D eigenvalue weighted by atomic mass is 10.0. The first kappa shape index (κ1) is 19.0. The Morgan fingerprint density at radius 1 is 1.06 bits per heavy atom. The second-order valence-electron chi connectivity index (χ2n) is 7.81. The van der Waals surface area contributed by atoms with Gasteiger partial charge in [-0.15, -0.1) is 0 Å². The predicted octanol–water partition coefficient (Wildman–Crippen LogP) is 3.90. The lowest BCUT2D eigenvalue weighted by Crippen LogP contribution is -2.33. The van der Waals surface area contributed by atoms with Crippen molar-refractivity contribution < 1.29 is 26.2 Å². The van der Waals surface area contributed by atoms with Gasteiger partial charge in [0, 0.05) is 35.8 Å². The average molecular weight is 503 g/mol. The molecule has 0 aliphatic heterocycles. The molecular weight excluding hydrogens is 464 g/mol. The number of ether oxygens (including phenoxy) is 1. The lowest BCUT2D eigenvalue weighted by Gasteiger charge is -2.28. The number of nitrogens with one attached hydrogen (secondary N) is 1. The number of aromatic nitrogens is 2. The van der Waals surface area contributed by atoms with E-state index in [0.29, 0.717) is 17.6 Å². The summed E-state index contributed by atoms with van der Waals surface area (Å²) in [6.07, 6.45) is -1.26. The Balaban J connectivity index is 1.94. The maximum absolute atomic E-state index is 11.9. The summed E-state index contributed by atoms with van der Waals surface area (Å²) in [5.41, 5.74) is 2.57. The number of carbonyl (C=O) groups is 1. The molecule has 3 aromatic rings. The van der Waals surface area contributed by atoms with Gasteiger partial charge in [-0.1, -0.05) is 60.7 Å². The van der Waals surface area contributed by atoms with E-state index >= 15 is 0 Å². The topological polar surface area (TPSA) is 101 Å². The van der Waals surface area contributed by atoms with E-state index in [1.54, 1.807) is 13.8 Å². The molecule has 0 spiro atoms. The van der Waals surface area contributed by atoms with Gasteiger partial charge in [0.25, 0.3) is 5.91 Å². The summed E-state index contributed by atoms with van der Waals surface area (Å²) in [6.45, 7) is -3.17. The van der Waals surface area contributed by atoms with Crippen LogP contribution >= 0.6 is 0 Å². The molecule has 0 aliphatic rings. The van der Waals surface area contributed by atoms with Gasteiger partial charge in [0.15, 0.2) is 0 Å². The van der Waals surface area contributed by atoms with E-state index in [9.17, 15) is 13.2 Å². The lowest BCUT2D eigenvalue weighted by molar-refractivity contribution is -0.123. The first-order chi connectivity index (χ1) is 19.0. The Bertz CT molecular complexity index is 1460. The van der Waals surface area contributed by atoms with E-state index in [1.165, 1.54) is 10.9 Å². The molecule has 1 heterocycles. The Morgan fingerprint density at radius 3 is 2.23 bits per heavy atom. The zero-order valence-electron chi connectivity index (χ0n) is 25.7. The second kappa shape index (κ2) is 12.4. The van der Waals surface area contributed by atoms with Crippen molar-refractivity contribution >= 4 is 21.7 Å². The smallest absolute Gasteiger partial charge is 0.259 e. The van der Waals surface area contributed by atoms with Crippen molar-refractivity contribution in [2.75, 3.05) is 30.8 Å². The molecule has 0 saturated heterocycles. The van der Waals surface area contributed by atoms with E-state index in [0.717, 1.165) is 16.0 Å². The normalized spacial score (nSPS) is 15.2. The summed E-state index contributed by atoms with van der Waals surface area (Å²) in [4.78, 5) is 22.4. The maximum Gasteiger partial charge on any atom is 0.259 e. The van der Waals surface area contributed by atoms with Gasteiger partial charge in [-0.05, 0) is 26.6 Å². The van der Waals surface area contributed by atoms with Crippen LogP contribution in [0.2, 0.25) is 0 Å². The molecule has 1 amide bonds. The minimum Gasteiger partial charge on any atom is -0.372 e. The van der Waals surface area contributed by atoms with Gasteiger partial charge in [-0.3, -0.25) is 14.5 Å². The van der Waals surface area contributed by atoms with Crippen LogP contribution in [0.25, 0.3) is 22.5 Å². The molecular formula is C26H32N4O4S. The van der Waals surface area contributed by atoms with Crippen LogP contribution in [0.1, 0.15) is 34.9 Å². The number of sulfonamides is 1. The first-order valence-corrected chi connectivity index (χ1v) is 12.8. The van der Waals surface area contributed by atoms with E-state index < -0.39 is 54.4 Å². The minimum absolute atomic E-state index is 0.0798. The third-order valence-corrected chi connectivity index (χ3v) is 5.15. The number of hydrogen-bond donors (Lipinski definition) is 1. The number of carbonyl (C=O) groups excluding carboxylic acids is 1. The fourth-order valence-electron chi connectivity index (χ4n) is 3.10. The maximum atomic E-state index is 11.9. The zero-order chi connectivity index (χ0) is 30.6. The van der Waals surface area contributed by atoms with E-state index in [-0.39, 0.29) is 5.82 Å². The van der Waals surface area contributed by atoms with Gasteiger partial charge < -0.3 is 9.64 Å². The Kier molecular flexibility index (Phi) is 6.73. The molecule has 3 rings (SSSR count). The van der Waals surface area contributed by atoms with E-state index in [1.807, 2.05) is 60.7 Å². The summed E-state index contributed by atoms with van der Waals surface area (Å²) < 4.78 is 79.0. The molecule has 0 bridgehead atoms. The molecule has 1 N–H and O–H groups in total. The zero-order valence-corrected chi connectivity index (χ0v) is 20.5. The highest BCUT2D eigenvalue weighted by atomic mass is 32.2. The van der Waals surface area contributed by atoms with Crippen molar-refractivity contribution in [3.05, 3.63) is 66.9 Å². The molecule has 2 aromatic carbocycles. The highest BCUT2D eigenvalue weighted by Crippen LogP contribution is 2.30. The monoisotopic (exact) mass is 502 g/mol. The van der Waals surface area contributed by atoms with Gasteiger partial charge in [0.2, 0.25) is 10.0 Å². The molecule has 0 unspecified atom stereocenters. The molecule has 0 aliphatic carbocycles. The van der Waals surface area contributed by atoms with Crippen molar-refractivity contribution in [2.45, 2.75) is 32.7 Å². The first-order valence-electron chi connectivity index (χ1n) is 13.9. The summed E-state index contributed by atoms with van der Waals surface area (Å²) in [5.74, 6) is -1.49. The van der Waals surface area contributed by atoms with Crippen LogP contribution in [0, 0.1) is 0 Å². The van der Waals surface area contributed by atoms with Gasteiger partial charge in [0.05, 0.1) is 26.6 Å². The Hall–Kier alpha value is -3.30. The standard InChI is InChI=1S/C26H32N4O4S/c1-20(2)30(16-10-11-17-34-19-24(31)29-35(3,32)33)23-18-27-25(21-12-6-4-7-13-21)26(28-23)22-14-8-5-9-15-22/h4-9,12-15,18,20H,10-11,16-17,19H2,1-3H3,(H,29,31)/i10D2,16D2,19D2. The van der Waals surface area contributed by atoms with Crippen molar-refractivity contribution in [3.63, 3.8) is 0 Å². The molecule has 9 heteroatoms. The highest BCUT2D eigenvalue weighted by molar-refractivity contribution is 7.89. The predicted molar refractivity (Wildman–Crippen MR) is 138 cm³/mol. The van der Waals surface area contributed by atoms with Crippen molar-refractivity contribution in [2.24, 2.45) is 0 Å². The molecule has 35 heavy (non-hydrogen) atoms. The molecule has 0 radical (unpaired) electrons. The number of amides is 1. The van der Waals surface area contributed by atoms with Crippen molar-refractivity contribution in [1.29, 1.82) is 0 Å². The second-order valence-corrected chi connectivity index (χ2v) is 9.56. The van der Waals surface area contributed by atoms with Crippen LogP contribution in [0.5, 0.6) is 0 Å². The number of nitrogens with zero attached hydrogens (tertiary/aromatic N) is 3. The van der Waals surface area contributed by atoms with E-state index in [4.69, 9.17) is 17.9 Å². The fourth-order valence-corrected chi connectivity index (χ4v) is 3.48. The summed E-state index contributed by atoms with van der Waals surface area (Å²) in [6, 6.07) is 18.0. The van der Waals surface area contributed by atoms with Gasteiger partial charge in [-0.25, -0.2) is 13.4 Å². The van der Waals surface area contributed by atoms with Gasteiger partial charge in [0.1, 0.15) is 12.4 Å². The van der Waals surface area contributed by atoms with Crippen LogP contribution in [0.4, 0.5) is 5.82 Å². The van der Waals surface area contributed by atoms with Crippen LogP contribution < -0.4 is 9.62 Å². The fraction of sp³-hybridized carbons (Fsp3) is 0.346. The molecule has 1 aromatic heterocycles. The third kappa shape index (κ3) is 8.15. The van der Waals surface area contributed by atoms with Crippen LogP contribution in [-0.4, -0.2) is 56.3 Å². The van der Waals surface area contributed by atoms with E-state index in [2.05, 4.69) is 4.98 Å². The van der Waals surface area contributed by atoms with Crippen molar-refractivity contribution in [1.82, 2.24) is 14.7 Å². The van der Waals surface area contributed by atoms with Gasteiger partial charge >= 0.3 is 0 Å². The Morgan fingerprint density at radius 2 is 1.66 bits per heavy atom. The highest BCUT2D eigenvalue weighted by Gasteiger charge is 2.17. The van der Waals surface area contributed by atoms with Crippen LogP contribution in [0.3, 0.4) is 0 Å². The number of benzene rings is 2. The van der Waals surface area contributed by atoms with Crippen LogP contribution in [-0.2, 0) is 19.6 Å². The third-order valence-electron chi connectivity index (χ3n) is 4.59. The molecule has 186 valence electrons.